The molecule has 28 heavy (non-hydrogen) atoms. The lowest BCUT2D eigenvalue weighted by atomic mass is 10.0. The second-order valence-electron chi connectivity index (χ2n) is 6.41. The van der Waals surface area contributed by atoms with Crippen molar-refractivity contribution in [3.8, 4) is 5.75 Å². The molecule has 150 valence electrons. The Morgan fingerprint density at radius 1 is 1.18 bits per heavy atom. The molecule has 0 fully saturated rings. The van der Waals surface area contributed by atoms with Crippen LogP contribution in [0.4, 0.5) is 0 Å². The van der Waals surface area contributed by atoms with E-state index in [-0.39, 0.29) is 22.9 Å². The number of hydrogen-bond acceptors (Lipinski definition) is 4. The number of amides is 1. The molecule has 0 bridgehead atoms. The van der Waals surface area contributed by atoms with Crippen LogP contribution < -0.4 is 10.1 Å². The van der Waals surface area contributed by atoms with E-state index in [4.69, 9.17) is 27.9 Å². The summed E-state index contributed by atoms with van der Waals surface area (Å²) in [5.74, 6) is 0.110. The topological polar surface area (TPSA) is 75.7 Å². The summed E-state index contributed by atoms with van der Waals surface area (Å²) < 4.78 is 32.0. The number of benzene rings is 2. The lowest BCUT2D eigenvalue weighted by molar-refractivity contribution is 0.0956. The van der Waals surface area contributed by atoms with Crippen molar-refractivity contribution in [1.82, 2.24) is 9.62 Å². The van der Waals surface area contributed by atoms with Gasteiger partial charge in [0.05, 0.1) is 23.4 Å². The highest BCUT2D eigenvalue weighted by Gasteiger charge is 2.27. The number of sulfonamides is 1. The second-order valence-corrected chi connectivity index (χ2v) is 9.35. The Kier molecular flexibility index (Phi) is 6.50. The molecule has 1 N–H and O–H groups in total. The van der Waals surface area contributed by atoms with E-state index in [1.807, 2.05) is 18.2 Å². The zero-order valence-corrected chi connectivity index (χ0v) is 17.6. The fourth-order valence-corrected chi connectivity index (χ4v) is 4.76. The average Bonchev–Trinajstić information content (AvgIpc) is 2.68. The molecule has 1 aliphatic rings. The van der Waals surface area contributed by atoms with Crippen LogP contribution in [0.25, 0.3) is 0 Å². The van der Waals surface area contributed by atoms with Crippen molar-refractivity contribution in [3.05, 3.63) is 63.1 Å². The largest absolute Gasteiger partial charge is 0.497 e. The zero-order chi connectivity index (χ0) is 20.3. The molecule has 1 aliphatic heterocycles. The Hall–Kier alpha value is -1.80. The monoisotopic (exact) mass is 442 g/mol. The van der Waals surface area contributed by atoms with E-state index in [0.717, 1.165) is 16.9 Å². The first-order valence-electron chi connectivity index (χ1n) is 8.67. The normalized spacial score (nSPS) is 14.4. The molecular weight excluding hydrogens is 423 g/mol. The van der Waals surface area contributed by atoms with E-state index in [1.165, 1.54) is 16.4 Å². The van der Waals surface area contributed by atoms with Crippen LogP contribution in [0.2, 0.25) is 10.0 Å². The van der Waals surface area contributed by atoms with Crippen LogP contribution >= 0.6 is 23.2 Å². The second kappa shape index (κ2) is 8.69. The van der Waals surface area contributed by atoms with Gasteiger partial charge in [0.25, 0.3) is 5.91 Å². The molecule has 0 aliphatic carbocycles. The van der Waals surface area contributed by atoms with E-state index in [0.29, 0.717) is 24.5 Å². The van der Waals surface area contributed by atoms with E-state index >= 15 is 0 Å². The van der Waals surface area contributed by atoms with Crippen molar-refractivity contribution in [3.63, 3.8) is 0 Å². The number of ether oxygens (including phenoxy) is 1. The molecule has 0 unspecified atom stereocenters. The smallest absolute Gasteiger partial charge is 0.252 e. The third-order valence-electron chi connectivity index (χ3n) is 4.60. The van der Waals surface area contributed by atoms with Gasteiger partial charge in [0.1, 0.15) is 5.75 Å². The number of nitrogens with zero attached hydrogens (tertiary/aromatic N) is 1. The quantitative estimate of drug-likeness (QED) is 0.745. The fraction of sp³-hybridized carbons (Fsp3) is 0.316. The van der Waals surface area contributed by atoms with Crippen molar-refractivity contribution < 1.29 is 17.9 Å². The molecule has 0 saturated heterocycles. The molecule has 2 aromatic rings. The van der Waals surface area contributed by atoms with E-state index in [1.54, 1.807) is 13.2 Å². The minimum Gasteiger partial charge on any atom is -0.497 e. The third kappa shape index (κ3) is 4.78. The summed E-state index contributed by atoms with van der Waals surface area (Å²) in [6.45, 7) is 0.697. The summed E-state index contributed by atoms with van der Waals surface area (Å²) in [5, 5.41) is 3.23. The van der Waals surface area contributed by atoms with Crippen molar-refractivity contribution in [2.45, 2.75) is 13.0 Å². The highest BCUT2D eigenvalue weighted by Crippen LogP contribution is 2.25. The minimum atomic E-state index is -3.51. The highest BCUT2D eigenvalue weighted by molar-refractivity contribution is 7.89. The van der Waals surface area contributed by atoms with Crippen LogP contribution in [0.3, 0.4) is 0 Å². The molecule has 1 heterocycles. The Morgan fingerprint density at radius 2 is 1.96 bits per heavy atom. The predicted octanol–water partition coefficient (Wildman–Crippen LogP) is 3.12. The van der Waals surface area contributed by atoms with E-state index < -0.39 is 15.9 Å². The summed E-state index contributed by atoms with van der Waals surface area (Å²) in [7, 11) is -1.91. The minimum absolute atomic E-state index is 0.0179. The van der Waals surface area contributed by atoms with Crippen LogP contribution in [-0.4, -0.2) is 44.6 Å². The lowest BCUT2D eigenvalue weighted by Gasteiger charge is -2.28. The Labute approximate surface area is 174 Å². The van der Waals surface area contributed by atoms with Crippen LogP contribution in [0.15, 0.2) is 36.4 Å². The molecule has 0 saturated carbocycles. The SMILES string of the molecule is COc1ccc2c(c1)CCN(S(=O)(=O)CCNC(=O)c1cc(Cl)ccc1Cl)C2. The molecular formula is C19H20Cl2N2O4S. The number of fused-ring (bicyclic) bond motifs is 1. The number of carbonyl (C=O) groups excluding carboxylic acids is 1. The number of rotatable bonds is 6. The molecule has 0 spiro atoms. The van der Waals surface area contributed by atoms with E-state index in [9.17, 15) is 13.2 Å². The van der Waals surface area contributed by atoms with Crippen LogP contribution in [0.5, 0.6) is 5.75 Å². The maximum absolute atomic E-state index is 12.7. The average molecular weight is 443 g/mol. The van der Waals surface area contributed by atoms with Gasteiger partial charge in [0, 0.05) is 24.7 Å². The first kappa shape index (κ1) is 20.9. The van der Waals surface area contributed by atoms with Crippen molar-refractivity contribution >= 4 is 39.1 Å². The first-order valence-corrected chi connectivity index (χ1v) is 11.0. The first-order chi connectivity index (χ1) is 13.3. The predicted molar refractivity (Wildman–Crippen MR) is 110 cm³/mol. The van der Waals surface area contributed by atoms with Crippen LogP contribution in [0.1, 0.15) is 21.5 Å². The Morgan fingerprint density at radius 3 is 2.71 bits per heavy atom. The van der Waals surface area contributed by atoms with Crippen LogP contribution in [0, 0.1) is 0 Å². The number of halogens is 2. The maximum atomic E-state index is 12.7. The molecule has 3 rings (SSSR count). The van der Waals surface area contributed by atoms with Gasteiger partial charge in [-0.15, -0.1) is 0 Å². The highest BCUT2D eigenvalue weighted by atomic mass is 35.5. The number of carbonyl (C=O) groups is 1. The zero-order valence-electron chi connectivity index (χ0n) is 15.2. The van der Waals surface area contributed by atoms with Gasteiger partial charge in [-0.1, -0.05) is 29.3 Å². The van der Waals surface area contributed by atoms with Crippen molar-refractivity contribution in [2.24, 2.45) is 0 Å². The van der Waals surface area contributed by atoms with Crippen molar-refractivity contribution in [1.29, 1.82) is 0 Å². The van der Waals surface area contributed by atoms with Gasteiger partial charge in [-0.2, -0.15) is 4.31 Å². The third-order valence-corrected chi connectivity index (χ3v) is 6.99. The number of hydrogen-bond donors (Lipinski definition) is 1. The number of nitrogens with one attached hydrogen (secondary N) is 1. The fourth-order valence-electron chi connectivity index (χ4n) is 3.06. The van der Waals surface area contributed by atoms with Gasteiger partial charge >= 0.3 is 0 Å². The standard InChI is InChI=1S/C19H20Cl2N2O4S/c1-27-16-4-2-14-12-23(8-6-13(14)10-16)28(25,26)9-7-22-19(24)17-11-15(20)3-5-18(17)21/h2-5,10-11H,6-9,12H2,1H3,(H,22,24). The summed E-state index contributed by atoms with van der Waals surface area (Å²) in [6, 6.07) is 10.2. The Bertz CT molecular complexity index is 995. The molecule has 6 nitrogen and oxygen atoms in total. The summed E-state index contributed by atoms with van der Waals surface area (Å²) >= 11 is 11.9. The van der Waals surface area contributed by atoms with Gasteiger partial charge in [0.15, 0.2) is 0 Å². The summed E-state index contributed by atoms with van der Waals surface area (Å²) in [5.41, 5.74) is 2.27. The summed E-state index contributed by atoms with van der Waals surface area (Å²) in [4.78, 5) is 12.2. The van der Waals surface area contributed by atoms with Gasteiger partial charge in [0.2, 0.25) is 10.0 Å². The van der Waals surface area contributed by atoms with Gasteiger partial charge in [-0.3, -0.25) is 4.79 Å². The van der Waals surface area contributed by atoms with Gasteiger partial charge in [-0.05, 0) is 47.9 Å². The van der Waals surface area contributed by atoms with Crippen LogP contribution in [-0.2, 0) is 23.0 Å². The van der Waals surface area contributed by atoms with Crippen molar-refractivity contribution in [2.75, 3.05) is 26.0 Å². The molecule has 9 heteroatoms. The summed E-state index contributed by atoms with van der Waals surface area (Å²) in [6.07, 6.45) is 0.621. The molecule has 0 radical (unpaired) electrons. The maximum Gasteiger partial charge on any atom is 0.252 e. The lowest BCUT2D eigenvalue weighted by Crippen LogP contribution is -2.40. The van der Waals surface area contributed by atoms with Gasteiger partial charge < -0.3 is 10.1 Å². The van der Waals surface area contributed by atoms with Gasteiger partial charge in [-0.25, -0.2) is 8.42 Å². The Balaban J connectivity index is 1.60. The molecule has 1 amide bonds. The van der Waals surface area contributed by atoms with E-state index in [2.05, 4.69) is 5.32 Å². The molecule has 2 aromatic carbocycles. The molecule has 0 aromatic heterocycles. The number of methoxy groups -OCH3 is 1. The molecule has 0 atom stereocenters.